The van der Waals surface area contributed by atoms with Crippen molar-refractivity contribution in [2.45, 2.75) is 30.7 Å². The van der Waals surface area contributed by atoms with E-state index in [1.54, 1.807) is 24.3 Å². The maximum atomic E-state index is 13.3. The van der Waals surface area contributed by atoms with Crippen LogP contribution in [0.25, 0.3) is 11.1 Å². The van der Waals surface area contributed by atoms with Crippen LogP contribution in [-0.2, 0) is 10.2 Å². The van der Waals surface area contributed by atoms with Crippen LogP contribution in [0.2, 0.25) is 0 Å². The van der Waals surface area contributed by atoms with E-state index in [2.05, 4.69) is 17.5 Å². The molecule has 2 aliphatic heterocycles. The van der Waals surface area contributed by atoms with E-state index in [1.165, 1.54) is 17.7 Å². The van der Waals surface area contributed by atoms with Crippen molar-refractivity contribution in [2.24, 2.45) is 4.99 Å². The second-order valence-corrected chi connectivity index (χ2v) is 9.05. The molecule has 1 fully saturated rings. The number of nitrogen functional groups attached to an aromatic ring is 1. The van der Waals surface area contributed by atoms with Gasteiger partial charge in [-0.25, -0.2) is 4.39 Å². The Labute approximate surface area is 204 Å². The lowest BCUT2D eigenvalue weighted by atomic mass is 9.68. The minimum atomic E-state index is -0.296. The molecule has 1 unspecified atom stereocenters. The Morgan fingerprint density at radius 2 is 1.71 bits per heavy atom. The van der Waals surface area contributed by atoms with Crippen molar-refractivity contribution in [1.82, 2.24) is 0 Å². The summed E-state index contributed by atoms with van der Waals surface area (Å²) in [5.74, 6) is -0.536. The number of allylic oxidation sites excluding steroid dienone is 1. The average Bonchev–Trinajstić information content (AvgIpc) is 2.91. The molecule has 1 atom stereocenters. The molecular formula is C29H28FN3O2. The van der Waals surface area contributed by atoms with E-state index in [-0.39, 0.29) is 23.2 Å². The molecule has 6 heteroatoms. The molecule has 0 spiro atoms. The van der Waals surface area contributed by atoms with Gasteiger partial charge in [0.25, 0.3) is 5.91 Å². The number of nitrogens with one attached hydrogen (secondary N) is 1. The Balaban J connectivity index is 1.37. The van der Waals surface area contributed by atoms with Crippen molar-refractivity contribution in [2.75, 3.05) is 24.3 Å². The number of nitrogens with two attached hydrogens (primary N) is 1. The Morgan fingerprint density at radius 1 is 1.00 bits per heavy atom. The second-order valence-electron chi connectivity index (χ2n) is 9.05. The molecule has 2 aliphatic rings. The summed E-state index contributed by atoms with van der Waals surface area (Å²) in [6.07, 6.45) is 8.99. The maximum absolute atomic E-state index is 13.3. The summed E-state index contributed by atoms with van der Waals surface area (Å²) in [4.78, 5) is 17.8. The highest BCUT2D eigenvalue weighted by atomic mass is 19.1. The lowest BCUT2D eigenvalue weighted by molar-refractivity contribution is 0.0456. The van der Waals surface area contributed by atoms with Gasteiger partial charge in [0.15, 0.2) is 0 Å². The predicted octanol–water partition coefficient (Wildman–Crippen LogP) is 5.77. The molecule has 2 heterocycles. The van der Waals surface area contributed by atoms with Crippen molar-refractivity contribution in [3.63, 3.8) is 0 Å². The molecule has 0 saturated carbocycles. The summed E-state index contributed by atoms with van der Waals surface area (Å²) in [6, 6.07) is 19.5. The van der Waals surface area contributed by atoms with Crippen LogP contribution in [-0.4, -0.2) is 31.4 Å². The van der Waals surface area contributed by atoms with Gasteiger partial charge in [0.2, 0.25) is 0 Å². The van der Waals surface area contributed by atoms with Gasteiger partial charge in [0, 0.05) is 36.8 Å². The number of hydrogen-bond donors (Lipinski definition) is 2. The number of carbonyl (C=O) groups excluding carboxylic acids is 1. The van der Waals surface area contributed by atoms with Crippen LogP contribution in [0.15, 0.2) is 83.9 Å². The molecule has 5 rings (SSSR count). The number of hydrogen-bond acceptors (Lipinski definition) is 4. The van der Waals surface area contributed by atoms with Gasteiger partial charge in [0.05, 0.1) is 17.4 Å². The predicted molar refractivity (Wildman–Crippen MR) is 138 cm³/mol. The highest BCUT2D eigenvalue weighted by molar-refractivity contribution is 6.06. The van der Waals surface area contributed by atoms with E-state index in [4.69, 9.17) is 15.5 Å². The van der Waals surface area contributed by atoms with Gasteiger partial charge >= 0.3 is 0 Å². The lowest BCUT2D eigenvalue weighted by Gasteiger charge is -2.41. The van der Waals surface area contributed by atoms with Gasteiger partial charge in [-0.2, -0.15) is 0 Å². The van der Waals surface area contributed by atoms with Gasteiger partial charge in [-0.3, -0.25) is 9.79 Å². The molecule has 3 aromatic carbocycles. The third-order valence-corrected chi connectivity index (χ3v) is 6.98. The number of ether oxygens (including phenoxy) is 1. The molecule has 3 aromatic rings. The third kappa shape index (κ3) is 4.75. The van der Waals surface area contributed by atoms with E-state index in [1.807, 2.05) is 36.5 Å². The highest BCUT2D eigenvalue weighted by Crippen LogP contribution is 2.41. The first-order chi connectivity index (χ1) is 17.0. The number of halogens is 1. The zero-order valence-electron chi connectivity index (χ0n) is 19.4. The van der Waals surface area contributed by atoms with Crippen LogP contribution in [0.5, 0.6) is 0 Å². The van der Waals surface area contributed by atoms with Crippen LogP contribution in [0.1, 0.15) is 35.2 Å². The first-order valence-corrected chi connectivity index (χ1v) is 11.9. The Hall–Kier alpha value is -3.77. The van der Waals surface area contributed by atoms with Crippen molar-refractivity contribution >= 4 is 23.5 Å². The van der Waals surface area contributed by atoms with E-state index >= 15 is 0 Å². The van der Waals surface area contributed by atoms with Gasteiger partial charge < -0.3 is 15.8 Å². The number of dihydropyridines is 1. The molecular weight excluding hydrogens is 441 g/mol. The number of aliphatic imine (C=N–C) groups is 1. The normalized spacial score (nSPS) is 18.8. The Kier molecular flexibility index (Phi) is 6.47. The first-order valence-electron chi connectivity index (χ1n) is 11.9. The van der Waals surface area contributed by atoms with Gasteiger partial charge in [0.1, 0.15) is 5.82 Å². The molecule has 5 nitrogen and oxygen atoms in total. The highest BCUT2D eigenvalue weighted by Gasteiger charge is 2.41. The number of rotatable bonds is 5. The summed E-state index contributed by atoms with van der Waals surface area (Å²) < 4.78 is 18.9. The number of amides is 1. The van der Waals surface area contributed by atoms with E-state index < -0.39 is 0 Å². The van der Waals surface area contributed by atoms with Crippen molar-refractivity contribution < 1.29 is 13.9 Å². The molecule has 0 aliphatic carbocycles. The molecule has 0 radical (unpaired) electrons. The summed E-state index contributed by atoms with van der Waals surface area (Å²) in [5, 5.41) is 2.93. The second kappa shape index (κ2) is 9.84. The maximum Gasteiger partial charge on any atom is 0.255 e. The zero-order chi connectivity index (χ0) is 24.3. The topological polar surface area (TPSA) is 76.7 Å². The summed E-state index contributed by atoms with van der Waals surface area (Å²) >= 11 is 0. The van der Waals surface area contributed by atoms with Crippen LogP contribution in [0.4, 0.5) is 15.8 Å². The number of anilines is 2. The standard InChI is InChI=1S/C29H28FN3O2/c30-24-11-6-20(7-12-24)22-8-13-25(31)26(19-22)33-28(34)21-4-9-23(10-5-21)29(14-17-35-18-15-29)27-3-1-2-16-32-27/h1,3-13,16,19,27H,2,14-15,17-18,31H2,(H,33,34). The molecule has 35 heavy (non-hydrogen) atoms. The molecule has 0 aromatic heterocycles. The number of benzene rings is 3. The molecule has 0 bridgehead atoms. The van der Waals surface area contributed by atoms with E-state index in [0.29, 0.717) is 30.2 Å². The fourth-order valence-electron chi connectivity index (χ4n) is 4.94. The van der Waals surface area contributed by atoms with Crippen LogP contribution in [0, 0.1) is 5.82 Å². The Bertz CT molecular complexity index is 1250. The molecule has 3 N–H and O–H groups in total. The quantitative estimate of drug-likeness (QED) is 0.368. The zero-order valence-corrected chi connectivity index (χ0v) is 19.4. The number of carbonyl (C=O) groups is 1. The van der Waals surface area contributed by atoms with Crippen LogP contribution < -0.4 is 11.1 Å². The monoisotopic (exact) mass is 469 g/mol. The van der Waals surface area contributed by atoms with Gasteiger partial charge in [-0.15, -0.1) is 0 Å². The largest absolute Gasteiger partial charge is 0.397 e. The van der Waals surface area contributed by atoms with Crippen LogP contribution >= 0.6 is 0 Å². The van der Waals surface area contributed by atoms with Gasteiger partial charge in [-0.1, -0.05) is 42.5 Å². The summed E-state index contributed by atoms with van der Waals surface area (Å²) in [7, 11) is 0. The SMILES string of the molecule is Nc1ccc(-c2ccc(F)cc2)cc1NC(=O)c1ccc(C2(C3C=CCC=N3)CCOCC2)cc1. The smallest absolute Gasteiger partial charge is 0.255 e. The van der Waals surface area contributed by atoms with Crippen LogP contribution in [0.3, 0.4) is 0 Å². The average molecular weight is 470 g/mol. The van der Waals surface area contributed by atoms with E-state index in [9.17, 15) is 9.18 Å². The lowest BCUT2D eigenvalue weighted by Crippen LogP contribution is -2.43. The number of nitrogens with zero attached hydrogens (tertiary/aromatic N) is 1. The minimum absolute atomic E-state index is 0.0776. The van der Waals surface area contributed by atoms with Gasteiger partial charge in [-0.05, 0) is 65.9 Å². The van der Waals surface area contributed by atoms with Crippen molar-refractivity contribution in [3.8, 4) is 11.1 Å². The fraction of sp³-hybridized carbons (Fsp3) is 0.241. The Morgan fingerprint density at radius 3 is 2.40 bits per heavy atom. The summed E-state index contributed by atoms with van der Waals surface area (Å²) in [6.45, 7) is 1.40. The minimum Gasteiger partial charge on any atom is -0.397 e. The van der Waals surface area contributed by atoms with E-state index in [0.717, 1.165) is 30.4 Å². The van der Waals surface area contributed by atoms with Crippen molar-refractivity contribution in [1.29, 1.82) is 0 Å². The third-order valence-electron chi connectivity index (χ3n) is 6.98. The first kappa shape index (κ1) is 23.0. The van der Waals surface area contributed by atoms with Crippen molar-refractivity contribution in [3.05, 3.63) is 95.8 Å². The summed E-state index contributed by atoms with van der Waals surface area (Å²) in [5.41, 5.74) is 10.4. The fourth-order valence-corrected chi connectivity index (χ4v) is 4.94. The molecule has 1 saturated heterocycles. The molecule has 178 valence electrons. The molecule has 1 amide bonds.